The van der Waals surface area contributed by atoms with Crippen molar-refractivity contribution in [3.63, 3.8) is 0 Å². The van der Waals surface area contributed by atoms with Crippen LogP contribution < -0.4 is 10.2 Å². The van der Waals surface area contributed by atoms with Gasteiger partial charge in [-0.25, -0.2) is 9.59 Å². The minimum absolute atomic E-state index is 0.211. The number of methoxy groups -OCH3 is 1. The number of hydrogen-bond acceptors (Lipinski definition) is 4. The number of benzene rings is 1. The van der Waals surface area contributed by atoms with Gasteiger partial charge in [0.05, 0.1) is 20.2 Å². The van der Waals surface area contributed by atoms with Crippen molar-refractivity contribution < 1.29 is 19.1 Å². The normalized spacial score (nSPS) is 18.1. The molecule has 1 aromatic carbocycles. The quantitative estimate of drug-likeness (QED) is 0.922. The van der Waals surface area contributed by atoms with Crippen molar-refractivity contribution in [3.05, 3.63) is 29.3 Å². The van der Waals surface area contributed by atoms with Crippen molar-refractivity contribution in [2.45, 2.75) is 6.10 Å². The molecule has 2 rings (SSSR count). The summed E-state index contributed by atoms with van der Waals surface area (Å²) in [6.07, 6.45) is -1.40. The molecule has 1 unspecified atom stereocenters. The minimum Gasteiger partial charge on any atom is -0.453 e. The summed E-state index contributed by atoms with van der Waals surface area (Å²) >= 11 is 5.79. The molecule has 102 valence electrons. The Morgan fingerprint density at radius 1 is 1.53 bits per heavy atom. The van der Waals surface area contributed by atoms with Crippen LogP contribution in [0.5, 0.6) is 0 Å². The van der Waals surface area contributed by atoms with E-state index in [1.807, 2.05) is 0 Å². The molecule has 1 saturated heterocycles. The Hall–Kier alpha value is -1.95. The monoisotopic (exact) mass is 284 g/mol. The molecule has 19 heavy (non-hydrogen) atoms. The molecule has 0 saturated carbocycles. The van der Waals surface area contributed by atoms with Crippen molar-refractivity contribution in [3.8, 4) is 0 Å². The summed E-state index contributed by atoms with van der Waals surface area (Å²) in [6, 6.07) is 6.87. The number of amides is 2. The number of nitrogens with zero attached hydrogens (tertiary/aromatic N) is 1. The van der Waals surface area contributed by atoms with Crippen molar-refractivity contribution >= 4 is 29.5 Å². The first kappa shape index (κ1) is 13.5. The molecule has 1 aliphatic rings. The maximum Gasteiger partial charge on any atom is 0.414 e. The first-order valence-electron chi connectivity index (χ1n) is 5.65. The Kier molecular flexibility index (Phi) is 4.11. The summed E-state index contributed by atoms with van der Waals surface area (Å²) in [5.41, 5.74) is 0.704. The van der Waals surface area contributed by atoms with E-state index in [1.54, 1.807) is 24.3 Å². The molecule has 1 aliphatic heterocycles. The highest BCUT2D eigenvalue weighted by atomic mass is 35.5. The molecule has 0 radical (unpaired) electrons. The van der Waals surface area contributed by atoms with Gasteiger partial charge in [-0.1, -0.05) is 11.6 Å². The third-order valence-electron chi connectivity index (χ3n) is 2.67. The second-order valence-corrected chi connectivity index (χ2v) is 4.40. The molecular weight excluding hydrogens is 272 g/mol. The Bertz CT molecular complexity index is 477. The van der Waals surface area contributed by atoms with E-state index >= 15 is 0 Å². The standard InChI is InChI=1S/C12H13ClN2O4/c1-18-11(16)14-6-10-7-15(12(17)19-10)9-4-2-8(13)3-5-9/h2-5,10H,6-7H2,1H3,(H,14,16). The molecular formula is C12H13ClN2O4. The van der Waals surface area contributed by atoms with Crippen LogP contribution in [0.4, 0.5) is 15.3 Å². The van der Waals surface area contributed by atoms with Crippen molar-refractivity contribution in [1.29, 1.82) is 0 Å². The van der Waals surface area contributed by atoms with Crippen LogP contribution in [-0.4, -0.2) is 38.5 Å². The third-order valence-corrected chi connectivity index (χ3v) is 2.92. The van der Waals surface area contributed by atoms with Crippen molar-refractivity contribution in [1.82, 2.24) is 5.32 Å². The summed E-state index contributed by atoms with van der Waals surface area (Å²) < 4.78 is 9.58. The Morgan fingerprint density at radius 3 is 2.84 bits per heavy atom. The molecule has 0 aromatic heterocycles. The molecule has 0 aliphatic carbocycles. The molecule has 0 bridgehead atoms. The Labute approximate surface area is 115 Å². The van der Waals surface area contributed by atoms with E-state index in [-0.39, 0.29) is 6.54 Å². The van der Waals surface area contributed by atoms with Gasteiger partial charge in [-0.2, -0.15) is 0 Å². The summed E-state index contributed by atoms with van der Waals surface area (Å²) in [7, 11) is 1.27. The predicted molar refractivity (Wildman–Crippen MR) is 69.5 cm³/mol. The molecule has 7 heteroatoms. The molecule has 1 fully saturated rings. The highest BCUT2D eigenvalue weighted by Crippen LogP contribution is 2.23. The molecule has 2 amide bonds. The highest BCUT2D eigenvalue weighted by Gasteiger charge is 2.32. The van der Waals surface area contributed by atoms with Gasteiger partial charge in [0.15, 0.2) is 0 Å². The molecule has 1 aromatic rings. The van der Waals surface area contributed by atoms with Crippen LogP contribution in [0.3, 0.4) is 0 Å². The summed E-state index contributed by atoms with van der Waals surface area (Å²) in [6.45, 7) is 0.576. The molecule has 6 nitrogen and oxygen atoms in total. The fourth-order valence-corrected chi connectivity index (χ4v) is 1.86. The average Bonchev–Trinajstić information content (AvgIpc) is 2.78. The zero-order chi connectivity index (χ0) is 13.8. The lowest BCUT2D eigenvalue weighted by atomic mass is 10.2. The van der Waals surface area contributed by atoms with Gasteiger partial charge in [-0.15, -0.1) is 0 Å². The lowest BCUT2D eigenvalue weighted by Gasteiger charge is -2.12. The van der Waals surface area contributed by atoms with E-state index in [0.29, 0.717) is 17.3 Å². The molecule has 1 atom stereocenters. The smallest absolute Gasteiger partial charge is 0.414 e. The number of carbonyl (C=O) groups excluding carboxylic acids is 2. The number of cyclic esters (lactones) is 1. The van der Waals surface area contributed by atoms with Gasteiger partial charge in [0.25, 0.3) is 0 Å². The predicted octanol–water partition coefficient (Wildman–Crippen LogP) is 2.02. The molecule has 1 heterocycles. The minimum atomic E-state index is -0.555. The van der Waals surface area contributed by atoms with E-state index in [2.05, 4.69) is 10.1 Å². The second-order valence-electron chi connectivity index (χ2n) is 3.97. The van der Waals surface area contributed by atoms with Gasteiger partial charge in [0.1, 0.15) is 6.10 Å². The summed E-state index contributed by atoms with van der Waals surface area (Å²) in [4.78, 5) is 24.1. The van der Waals surface area contributed by atoms with Gasteiger partial charge in [-0.3, -0.25) is 4.90 Å². The van der Waals surface area contributed by atoms with Gasteiger partial charge < -0.3 is 14.8 Å². The molecule has 1 N–H and O–H groups in total. The number of nitrogens with one attached hydrogen (secondary N) is 1. The summed E-state index contributed by atoms with van der Waals surface area (Å²) in [5.74, 6) is 0. The van der Waals surface area contributed by atoms with Crippen molar-refractivity contribution in [2.24, 2.45) is 0 Å². The maximum atomic E-state index is 11.7. The van der Waals surface area contributed by atoms with E-state index < -0.39 is 18.3 Å². The van der Waals surface area contributed by atoms with Crippen molar-refractivity contribution in [2.75, 3.05) is 25.1 Å². The van der Waals surface area contributed by atoms with Crippen LogP contribution in [-0.2, 0) is 9.47 Å². The van der Waals surface area contributed by atoms with Crippen LogP contribution in [0.15, 0.2) is 24.3 Å². The first-order chi connectivity index (χ1) is 9.10. The van der Waals surface area contributed by atoms with E-state index in [9.17, 15) is 9.59 Å². The van der Waals surface area contributed by atoms with Crippen LogP contribution in [0, 0.1) is 0 Å². The summed E-state index contributed by atoms with van der Waals surface area (Å²) in [5, 5.41) is 3.09. The Morgan fingerprint density at radius 2 is 2.21 bits per heavy atom. The number of anilines is 1. The third kappa shape index (κ3) is 3.29. The van der Waals surface area contributed by atoms with Crippen LogP contribution in [0.2, 0.25) is 5.02 Å². The number of hydrogen-bond donors (Lipinski definition) is 1. The number of ether oxygens (including phenoxy) is 2. The van der Waals surface area contributed by atoms with Gasteiger partial charge in [0, 0.05) is 10.7 Å². The number of carbonyl (C=O) groups is 2. The van der Waals surface area contributed by atoms with Gasteiger partial charge in [-0.05, 0) is 24.3 Å². The fraction of sp³-hybridized carbons (Fsp3) is 0.333. The number of halogens is 1. The molecule has 0 spiro atoms. The van der Waals surface area contributed by atoms with Gasteiger partial charge in [0.2, 0.25) is 0 Å². The zero-order valence-electron chi connectivity index (χ0n) is 10.3. The van der Waals surface area contributed by atoms with Crippen LogP contribution in [0.25, 0.3) is 0 Å². The van der Waals surface area contributed by atoms with E-state index in [0.717, 1.165) is 0 Å². The first-order valence-corrected chi connectivity index (χ1v) is 6.03. The number of alkyl carbamates (subject to hydrolysis) is 1. The lowest BCUT2D eigenvalue weighted by Crippen LogP contribution is -2.34. The topological polar surface area (TPSA) is 67.9 Å². The average molecular weight is 285 g/mol. The Balaban J connectivity index is 1.96. The fourth-order valence-electron chi connectivity index (χ4n) is 1.73. The zero-order valence-corrected chi connectivity index (χ0v) is 11.0. The van der Waals surface area contributed by atoms with Crippen LogP contribution in [0.1, 0.15) is 0 Å². The lowest BCUT2D eigenvalue weighted by molar-refractivity contribution is 0.132. The van der Waals surface area contributed by atoms with Crippen LogP contribution >= 0.6 is 11.6 Å². The number of rotatable bonds is 3. The maximum absolute atomic E-state index is 11.7. The SMILES string of the molecule is COC(=O)NCC1CN(c2ccc(Cl)cc2)C(=O)O1. The largest absolute Gasteiger partial charge is 0.453 e. The highest BCUT2D eigenvalue weighted by molar-refractivity contribution is 6.30. The van der Waals surface area contributed by atoms with E-state index in [4.69, 9.17) is 16.3 Å². The second kappa shape index (κ2) is 5.79. The van der Waals surface area contributed by atoms with E-state index in [1.165, 1.54) is 12.0 Å². The van der Waals surface area contributed by atoms with Gasteiger partial charge >= 0.3 is 12.2 Å².